The SMILES string of the molecule is CN=C(NCC1CCS(=O)(=O)C1)N(C)Cc1ccc(Br)s1.I. The third-order valence-electron chi connectivity index (χ3n) is 3.47. The first-order chi connectivity index (χ1) is 9.89. The third kappa shape index (κ3) is 5.97. The van der Waals surface area contributed by atoms with Crippen molar-refractivity contribution in [2.45, 2.75) is 13.0 Å². The van der Waals surface area contributed by atoms with Crippen LogP contribution in [0.4, 0.5) is 0 Å². The summed E-state index contributed by atoms with van der Waals surface area (Å²) in [6.45, 7) is 1.43. The molecule has 1 aliphatic heterocycles. The summed E-state index contributed by atoms with van der Waals surface area (Å²) in [4.78, 5) is 7.55. The maximum absolute atomic E-state index is 11.5. The highest BCUT2D eigenvalue weighted by molar-refractivity contribution is 14.0. The lowest BCUT2D eigenvalue weighted by Crippen LogP contribution is -2.40. The third-order valence-corrected chi connectivity index (χ3v) is 6.92. The Labute approximate surface area is 161 Å². The second-order valence-corrected chi connectivity index (χ2v) is 10.0. The Morgan fingerprint density at radius 2 is 2.27 bits per heavy atom. The van der Waals surface area contributed by atoms with Crippen LogP contribution in [0.3, 0.4) is 0 Å². The van der Waals surface area contributed by atoms with Crippen LogP contribution in [0, 0.1) is 5.92 Å². The Morgan fingerprint density at radius 1 is 1.55 bits per heavy atom. The van der Waals surface area contributed by atoms with E-state index in [1.54, 1.807) is 18.4 Å². The molecule has 0 aromatic carbocycles. The summed E-state index contributed by atoms with van der Waals surface area (Å²) >= 11 is 5.16. The average molecular weight is 522 g/mol. The minimum absolute atomic E-state index is 0. The zero-order valence-corrected chi connectivity index (χ0v) is 18.1. The normalized spacial score (nSPS) is 20.5. The Hall–Kier alpha value is 0.130. The lowest BCUT2D eigenvalue weighted by Gasteiger charge is -2.22. The molecule has 5 nitrogen and oxygen atoms in total. The van der Waals surface area contributed by atoms with Crippen molar-refractivity contribution in [3.63, 3.8) is 0 Å². The Morgan fingerprint density at radius 3 is 2.77 bits per heavy atom. The monoisotopic (exact) mass is 521 g/mol. The van der Waals surface area contributed by atoms with Crippen LogP contribution < -0.4 is 5.32 Å². The number of nitrogens with one attached hydrogen (secondary N) is 1. The molecule has 0 amide bonds. The standard InChI is InChI=1S/C13H20BrN3O2S2.HI/c1-15-13(16-7-10-5-6-21(18,19)9-10)17(2)8-11-3-4-12(14)20-11;/h3-4,10H,5-9H2,1-2H3,(H,15,16);1H. The Balaban J connectivity index is 0.00000242. The second-order valence-electron chi connectivity index (χ2n) is 5.26. The molecule has 0 saturated carbocycles. The molecule has 2 rings (SSSR count). The van der Waals surface area contributed by atoms with Gasteiger partial charge in [-0.3, -0.25) is 4.99 Å². The highest BCUT2D eigenvalue weighted by Gasteiger charge is 2.27. The van der Waals surface area contributed by atoms with E-state index in [4.69, 9.17) is 0 Å². The molecule has 1 aliphatic rings. The van der Waals surface area contributed by atoms with Gasteiger partial charge in [-0.05, 0) is 40.4 Å². The van der Waals surface area contributed by atoms with Crippen molar-refractivity contribution in [1.29, 1.82) is 0 Å². The van der Waals surface area contributed by atoms with E-state index in [1.165, 1.54) is 4.88 Å². The summed E-state index contributed by atoms with van der Waals surface area (Å²) in [5, 5.41) is 3.28. The summed E-state index contributed by atoms with van der Waals surface area (Å²) in [6, 6.07) is 4.12. The molecule has 1 aromatic rings. The number of rotatable bonds is 4. The maximum Gasteiger partial charge on any atom is 0.193 e. The number of nitrogens with zero attached hydrogens (tertiary/aromatic N) is 2. The molecule has 2 heterocycles. The van der Waals surface area contributed by atoms with E-state index >= 15 is 0 Å². The van der Waals surface area contributed by atoms with Crippen molar-refractivity contribution in [2.75, 3.05) is 32.1 Å². The van der Waals surface area contributed by atoms with Gasteiger partial charge in [-0.2, -0.15) is 0 Å². The van der Waals surface area contributed by atoms with E-state index in [1.807, 2.05) is 18.0 Å². The van der Waals surface area contributed by atoms with Crippen molar-refractivity contribution < 1.29 is 8.42 Å². The predicted molar refractivity (Wildman–Crippen MR) is 107 cm³/mol. The predicted octanol–water partition coefficient (Wildman–Crippen LogP) is 2.57. The highest BCUT2D eigenvalue weighted by Crippen LogP contribution is 2.23. The summed E-state index contributed by atoms with van der Waals surface area (Å²) in [5.41, 5.74) is 0. The van der Waals surface area contributed by atoms with Crippen LogP contribution in [-0.2, 0) is 16.4 Å². The van der Waals surface area contributed by atoms with E-state index in [-0.39, 0.29) is 29.9 Å². The molecule has 9 heteroatoms. The van der Waals surface area contributed by atoms with Crippen LogP contribution in [0.1, 0.15) is 11.3 Å². The molecule has 1 saturated heterocycles. The fourth-order valence-corrected chi connectivity index (χ4v) is 5.80. The molecule has 0 bridgehead atoms. The molecule has 1 aromatic heterocycles. The molecular formula is C13H21BrIN3O2S2. The van der Waals surface area contributed by atoms with Gasteiger partial charge in [-0.1, -0.05) is 0 Å². The number of hydrogen-bond acceptors (Lipinski definition) is 4. The zero-order chi connectivity index (χ0) is 15.5. The van der Waals surface area contributed by atoms with E-state index in [0.29, 0.717) is 18.1 Å². The molecule has 0 aliphatic carbocycles. The number of halogens is 2. The smallest absolute Gasteiger partial charge is 0.193 e. The molecule has 1 fully saturated rings. The van der Waals surface area contributed by atoms with E-state index < -0.39 is 9.84 Å². The summed E-state index contributed by atoms with van der Waals surface area (Å²) < 4.78 is 24.0. The maximum atomic E-state index is 11.5. The molecule has 22 heavy (non-hydrogen) atoms. The van der Waals surface area contributed by atoms with Gasteiger partial charge in [0, 0.05) is 25.5 Å². The lowest BCUT2D eigenvalue weighted by molar-refractivity contribution is 0.467. The fourth-order valence-electron chi connectivity index (χ4n) is 2.40. The van der Waals surface area contributed by atoms with Crippen LogP contribution in [-0.4, -0.2) is 51.4 Å². The molecule has 1 unspecified atom stereocenters. The van der Waals surface area contributed by atoms with Gasteiger partial charge in [0.25, 0.3) is 0 Å². The van der Waals surface area contributed by atoms with Gasteiger partial charge in [0.1, 0.15) is 0 Å². The van der Waals surface area contributed by atoms with Gasteiger partial charge >= 0.3 is 0 Å². The Kier molecular flexibility index (Phi) is 8.10. The quantitative estimate of drug-likeness (QED) is 0.376. The first kappa shape index (κ1) is 20.2. The molecule has 1 atom stereocenters. The van der Waals surface area contributed by atoms with Gasteiger partial charge in [-0.25, -0.2) is 8.42 Å². The minimum Gasteiger partial charge on any atom is -0.356 e. The van der Waals surface area contributed by atoms with Gasteiger partial charge < -0.3 is 10.2 Å². The van der Waals surface area contributed by atoms with Gasteiger partial charge in [0.2, 0.25) is 0 Å². The minimum atomic E-state index is -2.81. The lowest BCUT2D eigenvalue weighted by atomic mass is 10.1. The number of sulfone groups is 1. The van der Waals surface area contributed by atoms with E-state index in [2.05, 4.69) is 32.3 Å². The number of aliphatic imine (C=N–C) groups is 1. The van der Waals surface area contributed by atoms with Crippen molar-refractivity contribution in [3.05, 3.63) is 20.8 Å². The fraction of sp³-hybridized carbons (Fsp3) is 0.615. The highest BCUT2D eigenvalue weighted by atomic mass is 127. The first-order valence-corrected chi connectivity index (χ1v) is 10.2. The first-order valence-electron chi connectivity index (χ1n) is 6.76. The van der Waals surface area contributed by atoms with Crippen molar-refractivity contribution in [2.24, 2.45) is 10.9 Å². The molecule has 1 N–H and O–H groups in total. The van der Waals surface area contributed by atoms with Crippen LogP contribution in [0.2, 0.25) is 0 Å². The largest absolute Gasteiger partial charge is 0.356 e. The average Bonchev–Trinajstić information content (AvgIpc) is 2.96. The van der Waals surface area contributed by atoms with Gasteiger partial charge in [0.05, 0.1) is 21.8 Å². The summed E-state index contributed by atoms with van der Waals surface area (Å²) in [6.07, 6.45) is 0.744. The zero-order valence-electron chi connectivity index (χ0n) is 12.6. The van der Waals surface area contributed by atoms with Crippen molar-refractivity contribution >= 4 is 67.0 Å². The number of thiophene rings is 1. The Bertz CT molecular complexity index is 619. The molecule has 0 spiro atoms. The molecular weight excluding hydrogens is 501 g/mol. The van der Waals surface area contributed by atoms with E-state index in [0.717, 1.165) is 22.7 Å². The van der Waals surface area contributed by atoms with Crippen LogP contribution >= 0.6 is 51.2 Å². The number of guanidine groups is 1. The van der Waals surface area contributed by atoms with Crippen molar-refractivity contribution in [3.8, 4) is 0 Å². The van der Waals surface area contributed by atoms with Crippen molar-refractivity contribution in [1.82, 2.24) is 10.2 Å². The van der Waals surface area contributed by atoms with Crippen LogP contribution in [0.15, 0.2) is 20.9 Å². The molecule has 0 radical (unpaired) electrons. The molecule has 126 valence electrons. The van der Waals surface area contributed by atoms with E-state index in [9.17, 15) is 8.42 Å². The topological polar surface area (TPSA) is 61.8 Å². The van der Waals surface area contributed by atoms with Crippen LogP contribution in [0.5, 0.6) is 0 Å². The van der Waals surface area contributed by atoms with Gasteiger partial charge in [0.15, 0.2) is 15.8 Å². The number of hydrogen-bond donors (Lipinski definition) is 1. The van der Waals surface area contributed by atoms with Gasteiger partial charge in [-0.15, -0.1) is 35.3 Å². The van der Waals surface area contributed by atoms with Crippen LogP contribution in [0.25, 0.3) is 0 Å². The summed E-state index contributed by atoms with van der Waals surface area (Å²) in [5.74, 6) is 1.59. The second kappa shape index (κ2) is 8.84. The summed E-state index contributed by atoms with van der Waals surface area (Å²) in [7, 11) is 0.912.